The van der Waals surface area contributed by atoms with Gasteiger partial charge in [0.1, 0.15) is 6.04 Å². The number of nitrogens with two attached hydrogens (primary N) is 2. The van der Waals surface area contributed by atoms with Gasteiger partial charge in [-0.1, -0.05) is 6.42 Å². The Hall–Kier alpha value is -0.690. The summed E-state index contributed by atoms with van der Waals surface area (Å²) >= 11 is 0. The molecule has 1 unspecified atom stereocenters. The topological polar surface area (TPSA) is 122 Å². The van der Waals surface area contributed by atoms with E-state index in [2.05, 4.69) is 5.32 Å². The summed E-state index contributed by atoms with van der Waals surface area (Å²) in [6, 6.07) is -0.761. The van der Waals surface area contributed by atoms with E-state index in [0.717, 1.165) is 19.4 Å². The molecule has 16 heavy (non-hydrogen) atoms. The van der Waals surface area contributed by atoms with E-state index < -0.39 is 18.1 Å². The van der Waals surface area contributed by atoms with Crippen LogP contribution >= 0.6 is 0 Å². The minimum absolute atomic E-state index is 0.397. The number of hydrogen-bond acceptors (Lipinski definition) is 5. The van der Waals surface area contributed by atoms with Crippen LogP contribution in [0.5, 0.6) is 0 Å². The Morgan fingerprint density at radius 3 is 2.56 bits per heavy atom. The standard InChI is InChI=1S/C10H23N3O3/c11-5-4-8(14)7-13-6-2-1-3-9(12)10(15)16/h8-9,13-14H,1-7,11-12H2,(H,15,16)/t8-,9?/m1/s1. The van der Waals surface area contributed by atoms with Crippen molar-refractivity contribution in [3.63, 3.8) is 0 Å². The van der Waals surface area contributed by atoms with Crippen molar-refractivity contribution in [2.45, 2.75) is 37.8 Å². The quantitative estimate of drug-likeness (QED) is 0.304. The molecule has 0 heterocycles. The van der Waals surface area contributed by atoms with Crippen LogP contribution in [0.1, 0.15) is 25.7 Å². The Morgan fingerprint density at radius 1 is 1.31 bits per heavy atom. The lowest BCUT2D eigenvalue weighted by molar-refractivity contribution is -0.138. The van der Waals surface area contributed by atoms with Gasteiger partial charge in [-0.3, -0.25) is 4.79 Å². The van der Waals surface area contributed by atoms with E-state index in [1.54, 1.807) is 0 Å². The molecule has 2 atom stereocenters. The molecule has 0 spiro atoms. The van der Waals surface area contributed by atoms with Gasteiger partial charge in [-0.25, -0.2) is 0 Å². The molecular weight excluding hydrogens is 210 g/mol. The van der Waals surface area contributed by atoms with Crippen LogP contribution in [0, 0.1) is 0 Å². The van der Waals surface area contributed by atoms with Crippen molar-refractivity contribution in [2.24, 2.45) is 11.5 Å². The van der Waals surface area contributed by atoms with Crippen LogP contribution in [0.25, 0.3) is 0 Å². The summed E-state index contributed by atoms with van der Waals surface area (Å²) in [6.45, 7) is 1.77. The van der Waals surface area contributed by atoms with Crippen LogP contribution in [0.15, 0.2) is 0 Å². The summed E-state index contributed by atoms with van der Waals surface area (Å²) in [4.78, 5) is 10.4. The summed E-state index contributed by atoms with van der Waals surface area (Å²) < 4.78 is 0. The number of aliphatic hydroxyl groups excluding tert-OH is 1. The smallest absolute Gasteiger partial charge is 0.320 e. The van der Waals surface area contributed by atoms with Crippen LogP contribution in [0.3, 0.4) is 0 Å². The van der Waals surface area contributed by atoms with Gasteiger partial charge in [0.25, 0.3) is 0 Å². The lowest BCUT2D eigenvalue weighted by Crippen LogP contribution is -2.31. The predicted molar refractivity (Wildman–Crippen MR) is 62.0 cm³/mol. The SMILES string of the molecule is NCC[C@@H](O)CNCCCCC(N)C(=O)O. The zero-order valence-electron chi connectivity index (χ0n) is 9.56. The summed E-state index contributed by atoms with van der Waals surface area (Å²) in [7, 11) is 0. The van der Waals surface area contributed by atoms with Gasteiger partial charge in [0, 0.05) is 6.54 Å². The van der Waals surface area contributed by atoms with E-state index in [1.165, 1.54) is 0 Å². The van der Waals surface area contributed by atoms with Gasteiger partial charge in [-0.15, -0.1) is 0 Å². The lowest BCUT2D eigenvalue weighted by atomic mass is 10.1. The van der Waals surface area contributed by atoms with Gasteiger partial charge >= 0.3 is 5.97 Å². The van der Waals surface area contributed by atoms with Gasteiger partial charge < -0.3 is 27.0 Å². The van der Waals surface area contributed by atoms with Crippen molar-refractivity contribution in [2.75, 3.05) is 19.6 Å². The van der Waals surface area contributed by atoms with Crippen molar-refractivity contribution in [3.05, 3.63) is 0 Å². The van der Waals surface area contributed by atoms with Crippen molar-refractivity contribution in [1.82, 2.24) is 5.32 Å². The molecule has 0 aromatic carbocycles. The maximum Gasteiger partial charge on any atom is 0.320 e. The minimum atomic E-state index is -0.952. The monoisotopic (exact) mass is 233 g/mol. The molecule has 0 saturated carbocycles. The third-order valence-corrected chi connectivity index (χ3v) is 2.32. The van der Waals surface area contributed by atoms with E-state index >= 15 is 0 Å². The van der Waals surface area contributed by atoms with E-state index in [1.807, 2.05) is 0 Å². The average Bonchev–Trinajstić information content (AvgIpc) is 2.23. The lowest BCUT2D eigenvalue weighted by Gasteiger charge is -2.10. The molecule has 0 radical (unpaired) electrons. The fraction of sp³-hybridized carbons (Fsp3) is 0.900. The summed E-state index contributed by atoms with van der Waals surface area (Å²) in [5.74, 6) is -0.952. The molecule has 0 amide bonds. The maximum atomic E-state index is 10.4. The first-order valence-corrected chi connectivity index (χ1v) is 5.65. The second kappa shape index (κ2) is 9.53. The number of carboxylic acids is 1. The molecule has 0 aliphatic rings. The number of rotatable bonds is 10. The first-order chi connectivity index (χ1) is 7.57. The van der Waals surface area contributed by atoms with Gasteiger partial charge in [-0.2, -0.15) is 0 Å². The molecule has 6 nitrogen and oxygen atoms in total. The molecule has 0 aromatic heterocycles. The zero-order valence-corrected chi connectivity index (χ0v) is 9.56. The number of unbranched alkanes of at least 4 members (excludes halogenated alkanes) is 1. The van der Waals surface area contributed by atoms with Crippen LogP contribution < -0.4 is 16.8 Å². The fourth-order valence-electron chi connectivity index (χ4n) is 1.30. The molecule has 0 rings (SSSR count). The predicted octanol–water partition coefficient (Wildman–Crippen LogP) is -1.13. The number of carbonyl (C=O) groups is 1. The van der Waals surface area contributed by atoms with Crippen LogP contribution in [-0.2, 0) is 4.79 Å². The van der Waals surface area contributed by atoms with Gasteiger partial charge in [-0.05, 0) is 32.4 Å². The van der Waals surface area contributed by atoms with Crippen molar-refractivity contribution in [1.29, 1.82) is 0 Å². The number of carboxylic acid groups (broad SMARTS) is 1. The van der Waals surface area contributed by atoms with E-state index in [0.29, 0.717) is 25.9 Å². The second-order valence-electron chi connectivity index (χ2n) is 3.88. The highest BCUT2D eigenvalue weighted by Gasteiger charge is 2.09. The molecule has 0 fully saturated rings. The minimum Gasteiger partial charge on any atom is -0.480 e. The molecular formula is C10H23N3O3. The second-order valence-corrected chi connectivity index (χ2v) is 3.88. The van der Waals surface area contributed by atoms with Crippen LogP contribution in [-0.4, -0.2) is 48.0 Å². The molecule has 0 aromatic rings. The molecule has 6 heteroatoms. The summed E-state index contributed by atoms with van der Waals surface area (Å²) in [5.41, 5.74) is 10.6. The Morgan fingerprint density at radius 2 is 2.00 bits per heavy atom. The fourth-order valence-corrected chi connectivity index (χ4v) is 1.30. The molecule has 96 valence electrons. The van der Waals surface area contributed by atoms with E-state index in [-0.39, 0.29) is 0 Å². The number of aliphatic carboxylic acids is 1. The Bertz CT molecular complexity index is 190. The Balaban J connectivity index is 3.24. The van der Waals surface area contributed by atoms with E-state index in [4.69, 9.17) is 16.6 Å². The van der Waals surface area contributed by atoms with Gasteiger partial charge in [0.15, 0.2) is 0 Å². The Labute approximate surface area is 96.0 Å². The summed E-state index contributed by atoms with van der Waals surface area (Å²) in [5, 5.41) is 20.9. The molecule has 0 saturated heterocycles. The van der Waals surface area contributed by atoms with Crippen LogP contribution in [0.4, 0.5) is 0 Å². The van der Waals surface area contributed by atoms with Crippen molar-refractivity contribution >= 4 is 5.97 Å². The highest BCUT2D eigenvalue weighted by Crippen LogP contribution is 1.98. The third-order valence-electron chi connectivity index (χ3n) is 2.32. The normalized spacial score (nSPS) is 14.7. The van der Waals surface area contributed by atoms with Gasteiger partial charge in [0.05, 0.1) is 6.10 Å². The van der Waals surface area contributed by atoms with Crippen molar-refractivity contribution in [3.8, 4) is 0 Å². The molecule has 0 bridgehead atoms. The third kappa shape index (κ3) is 8.60. The zero-order chi connectivity index (χ0) is 12.4. The highest BCUT2D eigenvalue weighted by molar-refractivity contribution is 5.72. The van der Waals surface area contributed by atoms with E-state index in [9.17, 15) is 9.90 Å². The van der Waals surface area contributed by atoms with Gasteiger partial charge in [0.2, 0.25) is 0 Å². The number of hydrogen-bond donors (Lipinski definition) is 5. The first-order valence-electron chi connectivity index (χ1n) is 5.65. The molecule has 0 aliphatic heterocycles. The van der Waals surface area contributed by atoms with Crippen LogP contribution in [0.2, 0.25) is 0 Å². The number of nitrogens with one attached hydrogen (secondary N) is 1. The molecule has 7 N–H and O–H groups in total. The first kappa shape index (κ1) is 15.3. The Kier molecular flexibility index (Phi) is 9.12. The number of aliphatic hydroxyl groups is 1. The highest BCUT2D eigenvalue weighted by atomic mass is 16.4. The maximum absolute atomic E-state index is 10.4. The van der Waals surface area contributed by atoms with Crippen molar-refractivity contribution < 1.29 is 15.0 Å². The largest absolute Gasteiger partial charge is 0.480 e. The average molecular weight is 233 g/mol. The summed E-state index contributed by atoms with van der Waals surface area (Å²) in [6.07, 6.45) is 2.31. The molecule has 0 aliphatic carbocycles.